The lowest BCUT2D eigenvalue weighted by atomic mass is 9.96. The highest BCUT2D eigenvalue weighted by Gasteiger charge is 2.40. The number of amides is 1. The van der Waals surface area contributed by atoms with Crippen LogP contribution in [-0.2, 0) is 6.42 Å². The molecule has 5 nitrogen and oxygen atoms in total. The van der Waals surface area contributed by atoms with Gasteiger partial charge in [-0.2, -0.15) is 0 Å². The molecule has 5 heteroatoms. The van der Waals surface area contributed by atoms with Crippen molar-refractivity contribution >= 4 is 16.9 Å². The molecule has 2 fully saturated rings. The largest absolute Gasteiger partial charge is 0.349 e. The summed E-state index contributed by atoms with van der Waals surface area (Å²) in [7, 11) is 0. The second-order valence-corrected chi connectivity index (χ2v) is 8.10. The third-order valence-corrected chi connectivity index (χ3v) is 6.42. The van der Waals surface area contributed by atoms with Gasteiger partial charge in [-0.15, -0.1) is 0 Å². The fraction of sp³-hybridized carbons (Fsp3) is 0.391. The molecule has 2 aromatic heterocycles. The van der Waals surface area contributed by atoms with Crippen molar-refractivity contribution in [2.45, 2.75) is 50.2 Å². The van der Waals surface area contributed by atoms with Gasteiger partial charge in [-0.05, 0) is 49.8 Å². The Morgan fingerprint density at radius 3 is 2.68 bits per heavy atom. The van der Waals surface area contributed by atoms with E-state index in [0.29, 0.717) is 17.6 Å². The Bertz CT molecular complexity index is 953. The van der Waals surface area contributed by atoms with Crippen LogP contribution in [0.5, 0.6) is 0 Å². The fourth-order valence-corrected chi connectivity index (χ4v) is 5.07. The minimum absolute atomic E-state index is 0.0152. The molecule has 1 aromatic carbocycles. The zero-order chi connectivity index (χ0) is 18.9. The van der Waals surface area contributed by atoms with Crippen LogP contribution >= 0.6 is 0 Å². The number of hydrogen-bond acceptors (Lipinski definition) is 3. The Hall–Kier alpha value is -2.66. The third-order valence-electron chi connectivity index (χ3n) is 6.42. The van der Waals surface area contributed by atoms with Gasteiger partial charge in [-0.25, -0.2) is 4.98 Å². The van der Waals surface area contributed by atoms with Crippen LogP contribution in [0.25, 0.3) is 11.0 Å². The molecular weight excluding hydrogens is 348 g/mol. The predicted molar refractivity (Wildman–Crippen MR) is 110 cm³/mol. The number of pyridine rings is 1. The molecule has 5 rings (SSSR count). The molecule has 2 N–H and O–H groups in total. The average molecular weight is 374 g/mol. The minimum Gasteiger partial charge on any atom is -0.349 e. The van der Waals surface area contributed by atoms with Gasteiger partial charge in [0.05, 0.1) is 5.56 Å². The number of carbonyl (C=O) groups is 1. The van der Waals surface area contributed by atoms with Gasteiger partial charge in [-0.1, -0.05) is 30.3 Å². The van der Waals surface area contributed by atoms with Crippen molar-refractivity contribution < 1.29 is 4.79 Å². The van der Waals surface area contributed by atoms with Crippen molar-refractivity contribution in [3.8, 4) is 0 Å². The lowest BCUT2D eigenvalue weighted by Crippen LogP contribution is -2.50. The summed E-state index contributed by atoms with van der Waals surface area (Å²) < 4.78 is 0. The number of hydrogen-bond donors (Lipinski definition) is 2. The number of piperidine rings is 1. The molecule has 2 aliphatic heterocycles. The number of aromatic amines is 1. The maximum atomic E-state index is 12.8. The Morgan fingerprint density at radius 2 is 1.89 bits per heavy atom. The van der Waals surface area contributed by atoms with E-state index in [1.54, 1.807) is 12.4 Å². The van der Waals surface area contributed by atoms with Gasteiger partial charge >= 0.3 is 0 Å². The van der Waals surface area contributed by atoms with Crippen LogP contribution in [-0.4, -0.2) is 45.4 Å². The first-order valence-corrected chi connectivity index (χ1v) is 10.3. The van der Waals surface area contributed by atoms with E-state index in [2.05, 4.69) is 50.5 Å². The van der Waals surface area contributed by atoms with Gasteiger partial charge in [0.2, 0.25) is 0 Å². The average Bonchev–Trinajstić information content (AvgIpc) is 3.25. The van der Waals surface area contributed by atoms with Gasteiger partial charge < -0.3 is 10.3 Å². The van der Waals surface area contributed by atoms with E-state index in [1.165, 1.54) is 18.4 Å². The van der Waals surface area contributed by atoms with Crippen molar-refractivity contribution in [1.29, 1.82) is 0 Å². The van der Waals surface area contributed by atoms with Crippen molar-refractivity contribution in [3.05, 3.63) is 66.0 Å². The number of aromatic nitrogens is 2. The van der Waals surface area contributed by atoms with Crippen molar-refractivity contribution in [2.75, 3.05) is 6.54 Å². The van der Waals surface area contributed by atoms with E-state index in [-0.39, 0.29) is 11.9 Å². The Balaban J connectivity index is 1.22. The predicted octanol–water partition coefficient (Wildman–Crippen LogP) is 3.53. The van der Waals surface area contributed by atoms with Crippen LogP contribution < -0.4 is 5.32 Å². The van der Waals surface area contributed by atoms with Crippen LogP contribution in [0.2, 0.25) is 0 Å². The molecule has 0 spiro atoms. The number of fused-ring (bicyclic) bond motifs is 3. The zero-order valence-electron chi connectivity index (χ0n) is 16.0. The van der Waals surface area contributed by atoms with E-state index in [0.717, 1.165) is 36.8 Å². The van der Waals surface area contributed by atoms with Crippen molar-refractivity contribution in [3.63, 3.8) is 0 Å². The number of H-pyrrole nitrogens is 1. The molecule has 3 aromatic rings. The zero-order valence-corrected chi connectivity index (χ0v) is 16.0. The summed E-state index contributed by atoms with van der Waals surface area (Å²) in [6.45, 7) is 1.12. The highest BCUT2D eigenvalue weighted by atomic mass is 16.1. The quantitative estimate of drug-likeness (QED) is 0.718. The van der Waals surface area contributed by atoms with Gasteiger partial charge in [0.25, 0.3) is 5.91 Å². The molecule has 2 atom stereocenters. The molecule has 2 aliphatic rings. The Morgan fingerprint density at radius 1 is 1.11 bits per heavy atom. The summed E-state index contributed by atoms with van der Waals surface area (Å²) >= 11 is 0. The Kier molecular flexibility index (Phi) is 4.61. The highest BCUT2D eigenvalue weighted by Crippen LogP contribution is 2.36. The summed E-state index contributed by atoms with van der Waals surface area (Å²) in [5.74, 6) is 0.0152. The number of rotatable bonds is 5. The van der Waals surface area contributed by atoms with E-state index < -0.39 is 0 Å². The molecule has 144 valence electrons. The fourth-order valence-electron chi connectivity index (χ4n) is 5.07. The SMILES string of the molecule is O=C(NC1CC2CCC(C1)N2CCc1ccccc1)c1c[nH]c2ncccc12. The first-order valence-electron chi connectivity index (χ1n) is 10.3. The lowest BCUT2D eigenvalue weighted by molar-refractivity contribution is 0.0849. The number of nitrogens with zero attached hydrogens (tertiary/aromatic N) is 2. The normalized spacial score (nSPS) is 24.5. The smallest absolute Gasteiger partial charge is 0.253 e. The standard InChI is InChI=1S/C23H26N4O/c28-23(21-15-25-22-20(21)7-4-11-24-22)26-17-13-18-8-9-19(14-17)27(18)12-10-16-5-2-1-3-6-16/h1-7,11,15,17-19H,8-10,12-14H2,(H,24,25)(H,26,28). The van der Waals surface area contributed by atoms with E-state index in [9.17, 15) is 4.79 Å². The third kappa shape index (κ3) is 3.31. The first-order chi connectivity index (χ1) is 13.8. The second-order valence-electron chi connectivity index (χ2n) is 8.10. The molecule has 0 saturated carbocycles. The van der Waals surface area contributed by atoms with Gasteiger partial charge in [0.15, 0.2) is 0 Å². The molecule has 4 heterocycles. The lowest BCUT2D eigenvalue weighted by Gasteiger charge is -2.39. The molecule has 0 radical (unpaired) electrons. The number of nitrogens with one attached hydrogen (secondary N) is 2. The van der Waals surface area contributed by atoms with Crippen LogP contribution in [0.4, 0.5) is 0 Å². The second kappa shape index (κ2) is 7.40. The number of benzene rings is 1. The maximum Gasteiger partial charge on any atom is 0.253 e. The minimum atomic E-state index is 0.0152. The summed E-state index contributed by atoms with van der Waals surface area (Å²) in [6.07, 6.45) is 9.23. The molecule has 0 aliphatic carbocycles. The van der Waals surface area contributed by atoms with Crippen LogP contribution in [0, 0.1) is 0 Å². The molecule has 2 bridgehead atoms. The van der Waals surface area contributed by atoms with Crippen molar-refractivity contribution in [1.82, 2.24) is 20.2 Å². The summed E-state index contributed by atoms with van der Waals surface area (Å²) in [6, 6.07) is 16.0. The van der Waals surface area contributed by atoms with Crippen LogP contribution in [0.15, 0.2) is 54.9 Å². The van der Waals surface area contributed by atoms with Crippen LogP contribution in [0.1, 0.15) is 41.6 Å². The van der Waals surface area contributed by atoms with Gasteiger partial charge in [0.1, 0.15) is 5.65 Å². The Labute approximate surface area is 165 Å². The summed E-state index contributed by atoms with van der Waals surface area (Å²) in [4.78, 5) is 22.9. The first kappa shape index (κ1) is 17.4. The maximum absolute atomic E-state index is 12.8. The highest BCUT2D eigenvalue weighted by molar-refractivity contribution is 6.05. The molecule has 2 saturated heterocycles. The molecule has 1 amide bonds. The molecule has 2 unspecified atom stereocenters. The van der Waals surface area contributed by atoms with E-state index >= 15 is 0 Å². The van der Waals surface area contributed by atoms with Gasteiger partial charge in [0, 0.05) is 42.5 Å². The molecular formula is C23H26N4O. The summed E-state index contributed by atoms with van der Waals surface area (Å²) in [5.41, 5.74) is 2.87. The molecule has 28 heavy (non-hydrogen) atoms. The monoisotopic (exact) mass is 374 g/mol. The van der Waals surface area contributed by atoms with E-state index in [1.807, 2.05) is 12.1 Å². The topological polar surface area (TPSA) is 61.0 Å². The van der Waals surface area contributed by atoms with E-state index in [4.69, 9.17) is 0 Å². The van der Waals surface area contributed by atoms with Crippen LogP contribution in [0.3, 0.4) is 0 Å². The number of carbonyl (C=O) groups excluding carboxylic acids is 1. The van der Waals surface area contributed by atoms with Gasteiger partial charge in [-0.3, -0.25) is 9.69 Å². The van der Waals surface area contributed by atoms with Crippen molar-refractivity contribution in [2.24, 2.45) is 0 Å². The summed E-state index contributed by atoms with van der Waals surface area (Å²) in [5, 5.41) is 4.19.